The summed E-state index contributed by atoms with van der Waals surface area (Å²) >= 11 is 0. The molecule has 1 aliphatic heterocycles. The molecule has 0 radical (unpaired) electrons. The summed E-state index contributed by atoms with van der Waals surface area (Å²) in [5.41, 5.74) is 2.63. The number of benzene rings is 1. The van der Waals surface area contributed by atoms with Crippen LogP contribution in [0.4, 0.5) is 10.5 Å². The van der Waals surface area contributed by atoms with Crippen LogP contribution in [-0.4, -0.2) is 54.7 Å². The summed E-state index contributed by atoms with van der Waals surface area (Å²) < 4.78 is 0. The number of nitrogens with one attached hydrogen (secondary N) is 1. The first-order chi connectivity index (χ1) is 11.3. The number of rotatable bonds is 4. The van der Waals surface area contributed by atoms with Gasteiger partial charge in [-0.1, -0.05) is 39.0 Å². The van der Waals surface area contributed by atoms with E-state index >= 15 is 0 Å². The van der Waals surface area contributed by atoms with Crippen LogP contribution in [0, 0.1) is 0 Å². The Balaban J connectivity index is 1.94. The summed E-state index contributed by atoms with van der Waals surface area (Å²) in [6, 6.07) is 8.44. The number of piperazine rings is 1. The first-order valence-electron chi connectivity index (χ1n) is 8.38. The van der Waals surface area contributed by atoms with Gasteiger partial charge in [0.05, 0.1) is 0 Å². The number of anilines is 1. The van der Waals surface area contributed by atoms with E-state index in [4.69, 9.17) is 5.11 Å². The lowest BCUT2D eigenvalue weighted by Crippen LogP contribution is -2.49. The van der Waals surface area contributed by atoms with Gasteiger partial charge in [-0.2, -0.15) is 0 Å². The van der Waals surface area contributed by atoms with Crippen molar-refractivity contribution in [3.8, 4) is 0 Å². The van der Waals surface area contributed by atoms with Gasteiger partial charge in [-0.05, 0) is 17.0 Å². The molecule has 1 heterocycles. The zero-order chi connectivity index (χ0) is 17.7. The van der Waals surface area contributed by atoms with Gasteiger partial charge in [0.25, 0.3) is 0 Å². The van der Waals surface area contributed by atoms with Gasteiger partial charge in [-0.3, -0.25) is 4.79 Å². The van der Waals surface area contributed by atoms with Crippen LogP contribution in [0.25, 0.3) is 0 Å². The van der Waals surface area contributed by atoms with Crippen LogP contribution in [0.2, 0.25) is 0 Å². The fourth-order valence-electron chi connectivity index (χ4n) is 3.01. The number of nitrogens with zero attached hydrogens (tertiary/aromatic N) is 2. The zero-order valence-corrected chi connectivity index (χ0v) is 14.7. The largest absolute Gasteiger partial charge is 0.465 e. The molecule has 0 saturated carbocycles. The summed E-state index contributed by atoms with van der Waals surface area (Å²) in [5, 5.41) is 10.8. The Kier molecular flexibility index (Phi) is 5.70. The fourth-order valence-corrected chi connectivity index (χ4v) is 3.01. The smallest absolute Gasteiger partial charge is 0.404 e. The number of amides is 2. The first-order valence-corrected chi connectivity index (χ1v) is 8.38. The Morgan fingerprint density at radius 3 is 2.33 bits per heavy atom. The molecule has 1 aromatic carbocycles. The van der Waals surface area contributed by atoms with Gasteiger partial charge in [-0.25, -0.2) is 4.79 Å². The molecule has 132 valence electrons. The number of hydrogen-bond donors (Lipinski definition) is 2. The van der Waals surface area contributed by atoms with Crippen LogP contribution < -0.4 is 10.2 Å². The highest BCUT2D eigenvalue weighted by Crippen LogP contribution is 2.32. The molecular formula is C18H27N3O3. The van der Waals surface area contributed by atoms with Gasteiger partial charge < -0.3 is 20.2 Å². The highest BCUT2D eigenvalue weighted by atomic mass is 16.4. The number of carbonyl (C=O) groups is 2. The van der Waals surface area contributed by atoms with Crippen molar-refractivity contribution in [3.63, 3.8) is 0 Å². The molecule has 0 unspecified atom stereocenters. The van der Waals surface area contributed by atoms with Crippen molar-refractivity contribution >= 4 is 17.7 Å². The van der Waals surface area contributed by atoms with Crippen LogP contribution in [0.5, 0.6) is 0 Å². The lowest BCUT2D eigenvalue weighted by Gasteiger charge is -2.38. The SMILES string of the molecule is CC(C)(C)c1ccccc1N1CCN(C(=O)CCNC(=O)O)CC1. The minimum atomic E-state index is -1.09. The van der Waals surface area contributed by atoms with E-state index in [0.29, 0.717) is 13.1 Å². The van der Waals surface area contributed by atoms with E-state index in [0.717, 1.165) is 13.1 Å². The third-order valence-corrected chi connectivity index (χ3v) is 4.30. The van der Waals surface area contributed by atoms with Crippen LogP contribution in [0.15, 0.2) is 24.3 Å². The molecule has 1 aliphatic rings. The van der Waals surface area contributed by atoms with Crippen molar-refractivity contribution in [1.29, 1.82) is 0 Å². The van der Waals surface area contributed by atoms with Crippen molar-refractivity contribution < 1.29 is 14.7 Å². The molecule has 1 fully saturated rings. The Bertz CT molecular complexity index is 587. The second-order valence-corrected chi connectivity index (χ2v) is 7.12. The van der Waals surface area contributed by atoms with Crippen molar-refractivity contribution in [2.45, 2.75) is 32.6 Å². The predicted molar refractivity (Wildman–Crippen MR) is 94.6 cm³/mol. The van der Waals surface area contributed by atoms with E-state index in [1.807, 2.05) is 4.90 Å². The molecule has 0 spiro atoms. The van der Waals surface area contributed by atoms with Gasteiger partial charge in [0.1, 0.15) is 0 Å². The molecule has 2 amide bonds. The van der Waals surface area contributed by atoms with E-state index in [1.54, 1.807) is 0 Å². The van der Waals surface area contributed by atoms with Crippen molar-refractivity contribution in [3.05, 3.63) is 29.8 Å². The molecule has 6 heteroatoms. The highest BCUT2D eigenvalue weighted by molar-refractivity contribution is 5.77. The first kappa shape index (κ1) is 18.1. The number of hydrogen-bond acceptors (Lipinski definition) is 3. The van der Waals surface area contributed by atoms with E-state index in [-0.39, 0.29) is 24.3 Å². The summed E-state index contributed by atoms with van der Waals surface area (Å²) in [4.78, 5) is 26.7. The fraction of sp³-hybridized carbons (Fsp3) is 0.556. The molecule has 0 aliphatic carbocycles. The third-order valence-electron chi connectivity index (χ3n) is 4.30. The lowest BCUT2D eigenvalue weighted by atomic mass is 9.85. The predicted octanol–water partition coefficient (Wildman–Crippen LogP) is 2.29. The average molecular weight is 333 g/mol. The molecule has 6 nitrogen and oxygen atoms in total. The minimum absolute atomic E-state index is 0.00695. The third kappa shape index (κ3) is 4.63. The maximum Gasteiger partial charge on any atom is 0.404 e. The Labute approximate surface area is 143 Å². The van der Waals surface area contributed by atoms with Crippen LogP contribution in [0.1, 0.15) is 32.8 Å². The van der Waals surface area contributed by atoms with Gasteiger partial charge in [0.15, 0.2) is 0 Å². The molecule has 0 bridgehead atoms. The lowest BCUT2D eigenvalue weighted by molar-refractivity contribution is -0.131. The van der Waals surface area contributed by atoms with Crippen LogP contribution >= 0.6 is 0 Å². The second kappa shape index (κ2) is 7.55. The normalized spacial score (nSPS) is 15.3. The second-order valence-electron chi connectivity index (χ2n) is 7.12. The van der Waals surface area contributed by atoms with E-state index < -0.39 is 6.09 Å². The highest BCUT2D eigenvalue weighted by Gasteiger charge is 2.25. The van der Waals surface area contributed by atoms with Crippen LogP contribution in [-0.2, 0) is 10.2 Å². The maximum absolute atomic E-state index is 12.1. The Morgan fingerprint density at radius 2 is 1.75 bits per heavy atom. The molecule has 0 aromatic heterocycles. The molecular weight excluding hydrogens is 306 g/mol. The number of para-hydroxylation sites is 1. The molecule has 2 rings (SSSR count). The summed E-state index contributed by atoms with van der Waals surface area (Å²) in [6.07, 6.45) is -0.878. The van der Waals surface area contributed by atoms with Crippen molar-refractivity contribution in [2.24, 2.45) is 0 Å². The molecule has 2 N–H and O–H groups in total. The molecule has 1 aromatic rings. The van der Waals surface area contributed by atoms with E-state index in [9.17, 15) is 9.59 Å². The summed E-state index contributed by atoms with van der Waals surface area (Å²) in [6.45, 7) is 9.73. The topological polar surface area (TPSA) is 72.9 Å². The van der Waals surface area contributed by atoms with Crippen molar-refractivity contribution in [2.75, 3.05) is 37.6 Å². The molecule has 24 heavy (non-hydrogen) atoms. The molecule has 1 saturated heterocycles. The van der Waals surface area contributed by atoms with Gasteiger partial charge >= 0.3 is 6.09 Å². The average Bonchev–Trinajstić information content (AvgIpc) is 2.54. The number of carboxylic acid groups (broad SMARTS) is 1. The summed E-state index contributed by atoms with van der Waals surface area (Å²) in [5.74, 6) is 0.00695. The van der Waals surface area contributed by atoms with Crippen molar-refractivity contribution in [1.82, 2.24) is 10.2 Å². The van der Waals surface area contributed by atoms with Crippen LogP contribution in [0.3, 0.4) is 0 Å². The summed E-state index contributed by atoms with van der Waals surface area (Å²) in [7, 11) is 0. The standard InChI is InChI=1S/C18H27N3O3/c1-18(2,3)14-6-4-5-7-15(14)20-10-12-21(13-11-20)16(22)8-9-19-17(23)24/h4-7,19H,8-13H2,1-3H3,(H,23,24). The van der Waals surface area contributed by atoms with Gasteiger partial charge in [-0.15, -0.1) is 0 Å². The Hall–Kier alpha value is -2.24. The Morgan fingerprint density at radius 1 is 1.12 bits per heavy atom. The van der Waals surface area contributed by atoms with Gasteiger partial charge in [0.2, 0.25) is 5.91 Å². The zero-order valence-electron chi connectivity index (χ0n) is 14.7. The van der Waals surface area contributed by atoms with Gasteiger partial charge in [0, 0.05) is 44.8 Å². The van der Waals surface area contributed by atoms with E-state index in [1.165, 1.54) is 11.3 Å². The van der Waals surface area contributed by atoms with E-state index in [2.05, 4.69) is 55.3 Å². The quantitative estimate of drug-likeness (QED) is 0.887. The maximum atomic E-state index is 12.1. The monoisotopic (exact) mass is 333 g/mol. The molecule has 0 atom stereocenters. The number of carbonyl (C=O) groups excluding carboxylic acids is 1. The minimum Gasteiger partial charge on any atom is -0.465 e.